The van der Waals surface area contributed by atoms with Gasteiger partial charge < -0.3 is 15.4 Å². The van der Waals surface area contributed by atoms with Crippen molar-refractivity contribution >= 4 is 17.6 Å². The van der Waals surface area contributed by atoms with Gasteiger partial charge in [-0.25, -0.2) is 4.79 Å². The molecule has 1 unspecified atom stereocenters. The molecular formula is C21H20N2O3. The highest BCUT2D eigenvalue weighted by Gasteiger charge is 2.57. The molecule has 2 aliphatic heterocycles. The van der Waals surface area contributed by atoms with E-state index in [0.29, 0.717) is 30.8 Å². The minimum absolute atomic E-state index is 0.138. The van der Waals surface area contributed by atoms with Crippen molar-refractivity contribution in [3.63, 3.8) is 0 Å². The van der Waals surface area contributed by atoms with Crippen LogP contribution in [-0.4, -0.2) is 29.9 Å². The molecule has 2 aromatic carbocycles. The largest absolute Gasteiger partial charge is 0.449 e. The Labute approximate surface area is 151 Å². The zero-order chi connectivity index (χ0) is 17.9. The predicted molar refractivity (Wildman–Crippen MR) is 96.5 cm³/mol. The van der Waals surface area contributed by atoms with Crippen LogP contribution in [0.3, 0.4) is 0 Å². The van der Waals surface area contributed by atoms with Crippen LogP contribution in [0.15, 0.2) is 48.5 Å². The fourth-order valence-electron chi connectivity index (χ4n) is 4.46. The van der Waals surface area contributed by atoms with Gasteiger partial charge in [-0.2, -0.15) is 0 Å². The topological polar surface area (TPSA) is 72.6 Å². The monoisotopic (exact) mass is 348 g/mol. The van der Waals surface area contributed by atoms with Gasteiger partial charge in [0.25, 0.3) is 0 Å². The highest BCUT2D eigenvalue weighted by atomic mass is 16.6. The summed E-state index contributed by atoms with van der Waals surface area (Å²) in [5, 5.41) is 0. The Kier molecular flexibility index (Phi) is 3.03. The van der Waals surface area contributed by atoms with E-state index in [1.165, 1.54) is 0 Å². The zero-order valence-electron chi connectivity index (χ0n) is 14.4. The van der Waals surface area contributed by atoms with Gasteiger partial charge in [0.05, 0.1) is 17.5 Å². The first-order valence-electron chi connectivity index (χ1n) is 9.02. The molecule has 1 spiro atoms. The number of amides is 1. The lowest BCUT2D eigenvalue weighted by Crippen LogP contribution is -2.40. The molecule has 1 saturated carbocycles. The number of likely N-dealkylation sites (tertiary alicyclic amines) is 1. The number of benzene rings is 2. The summed E-state index contributed by atoms with van der Waals surface area (Å²) in [5.74, 6) is -0.144. The van der Waals surface area contributed by atoms with Gasteiger partial charge in [-0.3, -0.25) is 4.79 Å². The lowest BCUT2D eigenvalue weighted by molar-refractivity contribution is -0.134. The Morgan fingerprint density at radius 1 is 1.04 bits per heavy atom. The normalized spacial score (nSPS) is 25.2. The number of nitrogens with zero attached hydrogens (tertiary/aromatic N) is 1. The van der Waals surface area contributed by atoms with Crippen molar-refractivity contribution in [2.45, 2.75) is 30.3 Å². The van der Waals surface area contributed by atoms with E-state index in [-0.39, 0.29) is 11.9 Å². The summed E-state index contributed by atoms with van der Waals surface area (Å²) in [6.45, 7) is 1.04. The van der Waals surface area contributed by atoms with E-state index in [4.69, 9.17) is 10.5 Å². The third kappa shape index (κ3) is 2.03. The first kappa shape index (κ1) is 15.4. The summed E-state index contributed by atoms with van der Waals surface area (Å²) in [4.78, 5) is 27.4. The van der Waals surface area contributed by atoms with Gasteiger partial charge in [-0.1, -0.05) is 30.3 Å². The highest BCUT2D eigenvalue weighted by Crippen LogP contribution is 2.52. The van der Waals surface area contributed by atoms with Crippen molar-refractivity contribution < 1.29 is 14.3 Å². The third-order valence-corrected chi connectivity index (χ3v) is 6.07. The van der Waals surface area contributed by atoms with E-state index < -0.39 is 11.0 Å². The second-order valence-electron chi connectivity index (χ2n) is 7.61. The molecule has 3 aliphatic rings. The third-order valence-electron chi connectivity index (χ3n) is 6.07. The number of carbonyl (C=O) groups excluding carboxylic acids is 2. The summed E-state index contributed by atoms with van der Waals surface area (Å²) < 4.78 is 5.77. The number of carbonyl (C=O) groups is 2. The predicted octanol–water partition coefficient (Wildman–Crippen LogP) is 2.60. The van der Waals surface area contributed by atoms with E-state index in [1.807, 2.05) is 47.4 Å². The van der Waals surface area contributed by atoms with Crippen LogP contribution in [0.2, 0.25) is 0 Å². The Morgan fingerprint density at radius 3 is 2.50 bits per heavy atom. The van der Waals surface area contributed by atoms with Crippen molar-refractivity contribution in [1.29, 1.82) is 0 Å². The molecule has 2 N–H and O–H groups in total. The molecule has 1 saturated heterocycles. The highest BCUT2D eigenvalue weighted by molar-refractivity contribution is 5.96. The van der Waals surface area contributed by atoms with Crippen LogP contribution in [0.25, 0.3) is 0 Å². The SMILES string of the molecule is Nc1ccc(C2(C(=O)N3CCC4(C3)OC(=O)c3ccccc34)CC2)cc1. The van der Waals surface area contributed by atoms with Crippen LogP contribution in [-0.2, 0) is 20.5 Å². The smallest absolute Gasteiger partial charge is 0.339 e. The number of hydrogen-bond acceptors (Lipinski definition) is 4. The van der Waals surface area contributed by atoms with Gasteiger partial charge in [0.15, 0.2) is 5.60 Å². The Bertz CT molecular complexity index is 917. The number of rotatable bonds is 2. The lowest BCUT2D eigenvalue weighted by Gasteiger charge is -2.27. The summed E-state index contributed by atoms with van der Waals surface area (Å²) in [6.07, 6.45) is 2.37. The fraction of sp³-hybridized carbons (Fsp3) is 0.333. The maximum absolute atomic E-state index is 13.3. The summed E-state index contributed by atoms with van der Waals surface area (Å²) in [5.41, 5.74) is 7.94. The molecule has 1 aliphatic carbocycles. The molecule has 0 radical (unpaired) electrons. The molecule has 2 heterocycles. The van der Waals surface area contributed by atoms with Crippen molar-refractivity contribution in [3.8, 4) is 0 Å². The number of anilines is 1. The van der Waals surface area contributed by atoms with Crippen molar-refractivity contribution in [2.24, 2.45) is 0 Å². The lowest BCUT2D eigenvalue weighted by atomic mass is 9.91. The van der Waals surface area contributed by atoms with Crippen LogP contribution < -0.4 is 5.73 Å². The van der Waals surface area contributed by atoms with E-state index in [0.717, 1.165) is 24.0 Å². The second kappa shape index (κ2) is 5.10. The number of hydrogen-bond donors (Lipinski definition) is 1. The van der Waals surface area contributed by atoms with Crippen LogP contribution in [0, 0.1) is 0 Å². The van der Waals surface area contributed by atoms with Crippen molar-refractivity contribution in [1.82, 2.24) is 4.90 Å². The van der Waals surface area contributed by atoms with E-state index in [2.05, 4.69) is 0 Å². The Balaban J connectivity index is 1.43. The molecule has 5 rings (SSSR count). The maximum atomic E-state index is 13.3. The first-order chi connectivity index (χ1) is 12.5. The van der Waals surface area contributed by atoms with E-state index in [9.17, 15) is 9.59 Å². The fourth-order valence-corrected chi connectivity index (χ4v) is 4.46. The molecule has 2 fully saturated rings. The van der Waals surface area contributed by atoms with E-state index >= 15 is 0 Å². The Morgan fingerprint density at radius 2 is 1.77 bits per heavy atom. The van der Waals surface area contributed by atoms with E-state index in [1.54, 1.807) is 6.07 Å². The molecule has 1 amide bonds. The molecule has 2 aromatic rings. The molecule has 1 atom stereocenters. The molecular weight excluding hydrogens is 328 g/mol. The molecule has 5 heteroatoms. The van der Waals surface area contributed by atoms with Crippen molar-refractivity contribution in [2.75, 3.05) is 18.8 Å². The minimum Gasteiger partial charge on any atom is -0.449 e. The average Bonchev–Trinajstić information content (AvgIpc) is 3.28. The molecule has 5 nitrogen and oxygen atoms in total. The van der Waals surface area contributed by atoms with Crippen LogP contribution in [0.4, 0.5) is 5.69 Å². The standard InChI is InChI=1S/C21H20N2O3/c22-15-7-5-14(6-8-15)20(9-10-20)19(25)23-12-11-21(13-23)17-4-2-1-3-16(17)18(24)26-21/h1-8H,9-13,22H2. The van der Waals surface area contributed by atoms with Crippen LogP contribution in [0.1, 0.15) is 40.7 Å². The number of fused-ring (bicyclic) bond motifs is 2. The van der Waals surface area contributed by atoms with Gasteiger partial charge in [-0.05, 0) is 36.6 Å². The molecule has 0 bridgehead atoms. The molecule has 26 heavy (non-hydrogen) atoms. The van der Waals surface area contributed by atoms with Crippen LogP contribution >= 0.6 is 0 Å². The Hall–Kier alpha value is -2.82. The zero-order valence-corrected chi connectivity index (χ0v) is 14.4. The summed E-state index contributed by atoms with van der Waals surface area (Å²) >= 11 is 0. The number of ether oxygens (including phenoxy) is 1. The quantitative estimate of drug-likeness (QED) is 0.669. The number of nitrogen functional groups attached to an aromatic ring is 1. The number of esters is 1. The van der Waals surface area contributed by atoms with Gasteiger partial charge in [0.1, 0.15) is 0 Å². The van der Waals surface area contributed by atoms with Gasteiger partial charge in [-0.15, -0.1) is 0 Å². The first-order valence-corrected chi connectivity index (χ1v) is 9.02. The molecule has 132 valence electrons. The average molecular weight is 348 g/mol. The maximum Gasteiger partial charge on any atom is 0.339 e. The van der Waals surface area contributed by atoms with Crippen LogP contribution in [0.5, 0.6) is 0 Å². The van der Waals surface area contributed by atoms with Gasteiger partial charge in [0, 0.05) is 24.2 Å². The molecule has 0 aromatic heterocycles. The van der Waals surface area contributed by atoms with Gasteiger partial charge >= 0.3 is 5.97 Å². The van der Waals surface area contributed by atoms with Gasteiger partial charge in [0.2, 0.25) is 5.91 Å². The summed E-state index contributed by atoms with van der Waals surface area (Å²) in [6, 6.07) is 15.1. The van der Waals surface area contributed by atoms with Crippen molar-refractivity contribution in [3.05, 3.63) is 65.2 Å². The number of nitrogens with two attached hydrogens (primary N) is 1. The second-order valence-corrected chi connectivity index (χ2v) is 7.61. The minimum atomic E-state index is -0.680. The summed E-state index contributed by atoms with van der Waals surface area (Å²) in [7, 11) is 0.